The smallest absolute Gasteiger partial charge is 0.259 e. The first kappa shape index (κ1) is 20.8. The molecular formula is C21H30N2O4S. The third kappa shape index (κ3) is 3.95. The molecule has 1 atom stereocenters. The first-order valence-corrected chi connectivity index (χ1v) is 11.7. The molecule has 1 heterocycles. The van der Waals surface area contributed by atoms with Crippen LogP contribution in [0.5, 0.6) is 0 Å². The Morgan fingerprint density at radius 3 is 2.21 bits per heavy atom. The number of amides is 2. The highest BCUT2D eigenvalue weighted by atomic mass is 32.2. The Kier molecular flexibility index (Phi) is 5.84. The minimum Gasteiger partial charge on any atom is -0.324 e. The number of rotatable bonds is 5. The normalized spacial score (nSPS) is 23.4. The molecule has 2 amide bonds. The Morgan fingerprint density at radius 2 is 1.71 bits per heavy atom. The van der Waals surface area contributed by atoms with Gasteiger partial charge in [0.15, 0.2) is 0 Å². The van der Waals surface area contributed by atoms with Gasteiger partial charge in [0.25, 0.3) is 11.8 Å². The molecule has 154 valence electrons. The summed E-state index contributed by atoms with van der Waals surface area (Å²) in [4.78, 5) is 27.0. The minimum atomic E-state index is -3.73. The number of nitrogens with one attached hydrogen (secondary N) is 1. The molecule has 0 radical (unpaired) electrons. The summed E-state index contributed by atoms with van der Waals surface area (Å²) < 4.78 is 26.2. The van der Waals surface area contributed by atoms with Gasteiger partial charge in [-0.15, -0.1) is 0 Å². The molecule has 7 heteroatoms. The zero-order valence-electron chi connectivity index (χ0n) is 16.9. The topological polar surface area (TPSA) is 83.6 Å². The van der Waals surface area contributed by atoms with E-state index in [1.807, 2.05) is 24.3 Å². The van der Waals surface area contributed by atoms with Crippen LogP contribution in [0, 0.1) is 0 Å². The molecule has 0 spiro atoms. The largest absolute Gasteiger partial charge is 0.324 e. The van der Waals surface area contributed by atoms with Crippen LogP contribution in [0.1, 0.15) is 81.1 Å². The van der Waals surface area contributed by atoms with Crippen molar-refractivity contribution >= 4 is 21.8 Å². The summed E-state index contributed by atoms with van der Waals surface area (Å²) in [6.45, 7) is 5.08. The summed E-state index contributed by atoms with van der Waals surface area (Å²) in [5.74, 6) is -0.306. The zero-order valence-corrected chi connectivity index (χ0v) is 17.7. The lowest BCUT2D eigenvalue weighted by Gasteiger charge is -2.49. The molecule has 1 aromatic carbocycles. The van der Waals surface area contributed by atoms with E-state index >= 15 is 0 Å². The number of sulfonamides is 1. The molecule has 1 N–H and O–H groups in total. The van der Waals surface area contributed by atoms with Crippen LogP contribution in [-0.2, 0) is 14.8 Å². The molecule has 0 bridgehead atoms. The van der Waals surface area contributed by atoms with E-state index in [4.69, 9.17) is 0 Å². The molecule has 1 unspecified atom stereocenters. The fourth-order valence-electron chi connectivity index (χ4n) is 3.97. The van der Waals surface area contributed by atoms with Crippen LogP contribution in [0.25, 0.3) is 0 Å². The van der Waals surface area contributed by atoms with Gasteiger partial charge < -0.3 is 4.90 Å². The second-order valence-electron chi connectivity index (χ2n) is 8.46. The maximum Gasteiger partial charge on any atom is 0.259 e. The lowest BCUT2D eigenvalue weighted by molar-refractivity contribution is -0.135. The van der Waals surface area contributed by atoms with E-state index < -0.39 is 26.7 Å². The van der Waals surface area contributed by atoms with Gasteiger partial charge in [-0.3, -0.25) is 14.3 Å². The zero-order chi connectivity index (χ0) is 20.5. The molecule has 6 nitrogen and oxygen atoms in total. The van der Waals surface area contributed by atoms with Gasteiger partial charge >= 0.3 is 0 Å². The summed E-state index contributed by atoms with van der Waals surface area (Å²) in [7, 11) is -3.73. The van der Waals surface area contributed by atoms with Crippen LogP contribution < -0.4 is 4.72 Å². The fourth-order valence-corrected chi connectivity index (χ4v) is 4.68. The van der Waals surface area contributed by atoms with Crippen molar-refractivity contribution < 1.29 is 18.0 Å². The van der Waals surface area contributed by atoms with Gasteiger partial charge in [-0.1, -0.05) is 31.4 Å². The van der Waals surface area contributed by atoms with Gasteiger partial charge in [-0.2, -0.15) is 0 Å². The Hall–Kier alpha value is -1.89. The predicted octanol–water partition coefficient (Wildman–Crippen LogP) is 3.19. The van der Waals surface area contributed by atoms with Crippen molar-refractivity contribution in [1.29, 1.82) is 0 Å². The molecule has 28 heavy (non-hydrogen) atoms. The summed E-state index contributed by atoms with van der Waals surface area (Å²) in [6.07, 6.45) is 6.65. The second kappa shape index (κ2) is 7.85. The van der Waals surface area contributed by atoms with E-state index in [2.05, 4.69) is 4.72 Å². The number of benzene rings is 1. The molecular weight excluding hydrogens is 376 g/mol. The summed E-state index contributed by atoms with van der Waals surface area (Å²) >= 11 is 0. The molecule has 0 aromatic heterocycles. The second-order valence-corrected chi connectivity index (χ2v) is 10.7. The number of carbonyl (C=O) groups excluding carboxylic acids is 2. The first-order valence-electron chi connectivity index (χ1n) is 10.1. The molecule has 2 aliphatic rings. The molecule has 1 saturated carbocycles. The third-order valence-electron chi connectivity index (χ3n) is 6.24. The Morgan fingerprint density at radius 1 is 1.11 bits per heavy atom. The van der Waals surface area contributed by atoms with E-state index in [-0.39, 0.29) is 5.91 Å². The first-order chi connectivity index (χ1) is 13.1. The summed E-state index contributed by atoms with van der Waals surface area (Å²) in [6, 6.07) is 7.69. The quantitative estimate of drug-likeness (QED) is 0.814. The van der Waals surface area contributed by atoms with Crippen molar-refractivity contribution in [1.82, 2.24) is 9.62 Å². The van der Waals surface area contributed by atoms with Crippen molar-refractivity contribution in [3.8, 4) is 0 Å². The lowest BCUT2D eigenvalue weighted by atomic mass is 9.83. The van der Waals surface area contributed by atoms with E-state index in [0.717, 1.165) is 0 Å². The molecule has 2 fully saturated rings. The van der Waals surface area contributed by atoms with E-state index in [9.17, 15) is 18.0 Å². The lowest BCUT2D eigenvalue weighted by Crippen LogP contribution is -2.68. The van der Waals surface area contributed by atoms with E-state index in [0.29, 0.717) is 24.4 Å². The summed E-state index contributed by atoms with van der Waals surface area (Å²) in [5.41, 5.74) is 0.662. The number of carbonyl (C=O) groups is 2. The van der Waals surface area contributed by atoms with Gasteiger partial charge in [0.1, 0.15) is 5.54 Å². The van der Waals surface area contributed by atoms with Crippen molar-refractivity contribution in [2.24, 2.45) is 0 Å². The van der Waals surface area contributed by atoms with Crippen LogP contribution >= 0.6 is 0 Å². The van der Waals surface area contributed by atoms with Crippen LogP contribution in [-0.4, -0.2) is 42.5 Å². The SMILES string of the molecule is CC(C)S(=O)(=O)NC(=O)C1(C)CCN1C(=O)c1ccc(C2CCCCC2)cc1. The van der Waals surface area contributed by atoms with Gasteiger partial charge in [-0.05, 0) is 63.6 Å². The molecule has 3 rings (SSSR count). The number of hydrogen-bond acceptors (Lipinski definition) is 4. The Labute approximate surface area is 167 Å². The van der Waals surface area contributed by atoms with Crippen LogP contribution in [0.2, 0.25) is 0 Å². The van der Waals surface area contributed by atoms with Gasteiger partial charge in [0.05, 0.1) is 5.25 Å². The van der Waals surface area contributed by atoms with Gasteiger partial charge in [0.2, 0.25) is 10.0 Å². The maximum absolute atomic E-state index is 12.9. The van der Waals surface area contributed by atoms with Crippen molar-refractivity contribution in [2.45, 2.75) is 76.0 Å². The van der Waals surface area contributed by atoms with Crippen LogP contribution in [0.15, 0.2) is 24.3 Å². The average molecular weight is 407 g/mol. The van der Waals surface area contributed by atoms with E-state index in [1.165, 1.54) is 56.4 Å². The highest BCUT2D eigenvalue weighted by Crippen LogP contribution is 2.34. The number of hydrogen-bond donors (Lipinski definition) is 1. The van der Waals surface area contributed by atoms with Crippen LogP contribution in [0.3, 0.4) is 0 Å². The molecule has 1 saturated heterocycles. The number of likely N-dealkylation sites (tertiary alicyclic amines) is 1. The van der Waals surface area contributed by atoms with Gasteiger partial charge in [0, 0.05) is 12.1 Å². The molecule has 1 aliphatic carbocycles. The molecule has 1 aliphatic heterocycles. The van der Waals surface area contributed by atoms with Crippen molar-refractivity contribution in [2.75, 3.05) is 6.54 Å². The number of nitrogens with zero attached hydrogens (tertiary/aromatic N) is 1. The molecule has 1 aromatic rings. The monoisotopic (exact) mass is 406 g/mol. The van der Waals surface area contributed by atoms with Gasteiger partial charge in [-0.25, -0.2) is 8.42 Å². The fraction of sp³-hybridized carbons (Fsp3) is 0.619. The van der Waals surface area contributed by atoms with Crippen LogP contribution in [0.4, 0.5) is 0 Å². The maximum atomic E-state index is 12.9. The van der Waals surface area contributed by atoms with Crippen molar-refractivity contribution in [3.05, 3.63) is 35.4 Å². The standard InChI is InChI=1S/C21H30N2O4S/c1-15(2)28(26,27)22-20(25)21(3)13-14-23(21)19(24)18-11-9-17(10-12-18)16-7-5-4-6-8-16/h9-12,15-16H,4-8,13-14H2,1-3H3,(H,22,25). The highest BCUT2D eigenvalue weighted by Gasteiger charge is 2.50. The highest BCUT2D eigenvalue weighted by molar-refractivity contribution is 7.90. The minimum absolute atomic E-state index is 0.235. The third-order valence-corrected chi connectivity index (χ3v) is 7.95. The summed E-state index contributed by atoms with van der Waals surface area (Å²) in [5, 5.41) is -0.711. The van der Waals surface area contributed by atoms with E-state index in [1.54, 1.807) is 6.92 Å². The van der Waals surface area contributed by atoms with Crippen molar-refractivity contribution in [3.63, 3.8) is 0 Å². The Bertz CT molecular complexity index is 842. The Balaban J connectivity index is 1.70. The predicted molar refractivity (Wildman–Crippen MR) is 109 cm³/mol. The average Bonchev–Trinajstić information content (AvgIpc) is 2.66.